The van der Waals surface area contributed by atoms with Gasteiger partial charge < -0.3 is 9.73 Å². The normalized spacial score (nSPS) is 10.8. The van der Waals surface area contributed by atoms with Crippen LogP contribution >= 0.6 is 34.2 Å². The fourth-order valence-electron chi connectivity index (χ4n) is 1.99. The Morgan fingerprint density at radius 2 is 1.79 bits per heavy atom. The predicted octanol–water partition coefficient (Wildman–Crippen LogP) is 5.30. The molecule has 0 aliphatic rings. The highest BCUT2D eigenvalue weighted by molar-refractivity contribution is 14.1. The monoisotopic (exact) mass is 383 g/mol. The SMILES string of the molecule is Clc1oc2ccccc2c1CNc1ccc(I)cc1. The first-order valence-corrected chi connectivity index (χ1v) is 7.35. The number of hydrogen-bond acceptors (Lipinski definition) is 2. The Labute approximate surface area is 129 Å². The minimum Gasteiger partial charge on any atom is -0.444 e. The summed E-state index contributed by atoms with van der Waals surface area (Å²) in [6, 6.07) is 16.1. The second kappa shape index (κ2) is 5.43. The van der Waals surface area contributed by atoms with Gasteiger partial charge in [0.2, 0.25) is 0 Å². The molecule has 4 heteroatoms. The molecule has 2 nitrogen and oxygen atoms in total. The number of para-hydroxylation sites is 1. The number of rotatable bonds is 3. The van der Waals surface area contributed by atoms with Crippen LogP contribution < -0.4 is 5.32 Å². The quantitative estimate of drug-likeness (QED) is 0.621. The number of nitrogens with one attached hydrogen (secondary N) is 1. The molecule has 1 aromatic heterocycles. The molecule has 2 aromatic carbocycles. The third kappa shape index (κ3) is 2.72. The van der Waals surface area contributed by atoms with Crippen LogP contribution in [0.3, 0.4) is 0 Å². The Balaban J connectivity index is 1.85. The molecular formula is C15H11ClINO. The van der Waals surface area contributed by atoms with E-state index in [0.717, 1.165) is 22.2 Å². The molecule has 0 unspecified atom stereocenters. The van der Waals surface area contributed by atoms with Crippen molar-refractivity contribution >= 4 is 50.8 Å². The summed E-state index contributed by atoms with van der Waals surface area (Å²) in [6.07, 6.45) is 0. The van der Waals surface area contributed by atoms with E-state index in [1.54, 1.807) is 0 Å². The van der Waals surface area contributed by atoms with Crippen molar-refractivity contribution in [2.24, 2.45) is 0 Å². The largest absolute Gasteiger partial charge is 0.444 e. The second-order valence-corrected chi connectivity index (χ2v) is 5.80. The molecule has 0 aliphatic heterocycles. The van der Waals surface area contributed by atoms with Gasteiger partial charge in [-0.2, -0.15) is 0 Å². The average Bonchev–Trinajstić information content (AvgIpc) is 2.74. The van der Waals surface area contributed by atoms with Gasteiger partial charge >= 0.3 is 0 Å². The summed E-state index contributed by atoms with van der Waals surface area (Å²) in [5.41, 5.74) is 2.89. The van der Waals surface area contributed by atoms with E-state index in [-0.39, 0.29) is 0 Å². The highest BCUT2D eigenvalue weighted by Gasteiger charge is 2.11. The van der Waals surface area contributed by atoms with Crippen LogP contribution in [0.5, 0.6) is 0 Å². The van der Waals surface area contributed by atoms with Crippen LogP contribution in [0, 0.1) is 3.57 Å². The Bertz CT molecular complexity index is 706. The summed E-state index contributed by atoms with van der Waals surface area (Å²) in [5.74, 6) is 0. The van der Waals surface area contributed by atoms with E-state index in [1.807, 2.05) is 24.3 Å². The van der Waals surface area contributed by atoms with Crippen molar-refractivity contribution in [3.8, 4) is 0 Å². The number of anilines is 1. The molecule has 0 amide bonds. The number of benzene rings is 2. The molecule has 1 N–H and O–H groups in total. The molecule has 0 fully saturated rings. The van der Waals surface area contributed by atoms with Gasteiger partial charge in [-0.05, 0) is 64.5 Å². The predicted molar refractivity (Wildman–Crippen MR) is 87.7 cm³/mol. The maximum atomic E-state index is 6.15. The summed E-state index contributed by atoms with van der Waals surface area (Å²) in [7, 11) is 0. The smallest absolute Gasteiger partial charge is 0.199 e. The molecule has 0 bridgehead atoms. The minimum absolute atomic E-state index is 0.458. The lowest BCUT2D eigenvalue weighted by Crippen LogP contribution is -1.98. The van der Waals surface area contributed by atoms with Gasteiger partial charge in [0.25, 0.3) is 0 Å². The fraction of sp³-hybridized carbons (Fsp3) is 0.0667. The Kier molecular flexibility index (Phi) is 3.66. The van der Waals surface area contributed by atoms with E-state index >= 15 is 0 Å². The standard InChI is InChI=1S/C15H11ClINO/c16-15-13(12-3-1-2-4-14(12)19-15)9-18-11-7-5-10(17)6-8-11/h1-8,18H,9H2. The Morgan fingerprint density at radius 1 is 1.05 bits per heavy atom. The van der Waals surface area contributed by atoms with Crippen LogP contribution in [-0.4, -0.2) is 0 Å². The molecule has 0 aliphatic carbocycles. The lowest BCUT2D eigenvalue weighted by atomic mass is 10.2. The van der Waals surface area contributed by atoms with Crippen LogP contribution in [0.1, 0.15) is 5.56 Å². The van der Waals surface area contributed by atoms with Gasteiger partial charge in [0.1, 0.15) is 5.58 Å². The molecule has 0 saturated heterocycles. The Morgan fingerprint density at radius 3 is 2.58 bits per heavy atom. The van der Waals surface area contributed by atoms with Crippen LogP contribution in [0.2, 0.25) is 5.22 Å². The van der Waals surface area contributed by atoms with Crippen molar-refractivity contribution < 1.29 is 4.42 Å². The summed E-state index contributed by atoms with van der Waals surface area (Å²) in [4.78, 5) is 0. The minimum atomic E-state index is 0.458. The third-order valence-corrected chi connectivity index (χ3v) is 3.99. The summed E-state index contributed by atoms with van der Waals surface area (Å²) in [5, 5.41) is 4.88. The zero-order chi connectivity index (χ0) is 13.2. The van der Waals surface area contributed by atoms with Gasteiger partial charge in [-0.15, -0.1) is 0 Å². The maximum absolute atomic E-state index is 6.15. The number of furan rings is 1. The van der Waals surface area contributed by atoms with E-state index < -0.39 is 0 Å². The van der Waals surface area contributed by atoms with Crippen molar-refractivity contribution in [2.75, 3.05) is 5.32 Å². The molecule has 0 atom stereocenters. The molecule has 3 aromatic rings. The lowest BCUT2D eigenvalue weighted by Gasteiger charge is -2.05. The molecule has 19 heavy (non-hydrogen) atoms. The number of halogens is 2. The maximum Gasteiger partial charge on any atom is 0.199 e. The molecular weight excluding hydrogens is 373 g/mol. The van der Waals surface area contributed by atoms with Gasteiger partial charge in [-0.3, -0.25) is 0 Å². The molecule has 0 spiro atoms. The van der Waals surface area contributed by atoms with E-state index in [1.165, 1.54) is 3.57 Å². The first kappa shape index (κ1) is 12.8. The van der Waals surface area contributed by atoms with Gasteiger partial charge in [0.15, 0.2) is 5.22 Å². The van der Waals surface area contributed by atoms with Crippen LogP contribution in [0.25, 0.3) is 11.0 Å². The van der Waals surface area contributed by atoms with E-state index in [2.05, 4.69) is 52.2 Å². The third-order valence-electron chi connectivity index (χ3n) is 2.96. The van der Waals surface area contributed by atoms with Crippen LogP contribution in [0.15, 0.2) is 52.9 Å². The first-order chi connectivity index (χ1) is 9.24. The first-order valence-electron chi connectivity index (χ1n) is 5.89. The van der Waals surface area contributed by atoms with Crippen molar-refractivity contribution in [3.63, 3.8) is 0 Å². The van der Waals surface area contributed by atoms with Crippen molar-refractivity contribution in [2.45, 2.75) is 6.54 Å². The topological polar surface area (TPSA) is 25.2 Å². The zero-order valence-electron chi connectivity index (χ0n) is 9.99. The highest BCUT2D eigenvalue weighted by Crippen LogP contribution is 2.30. The summed E-state index contributed by atoms with van der Waals surface area (Å²) < 4.78 is 6.75. The van der Waals surface area contributed by atoms with Crippen molar-refractivity contribution in [3.05, 3.63) is 62.9 Å². The average molecular weight is 384 g/mol. The fourth-order valence-corrected chi connectivity index (χ4v) is 2.60. The van der Waals surface area contributed by atoms with Crippen molar-refractivity contribution in [1.29, 1.82) is 0 Å². The van der Waals surface area contributed by atoms with Gasteiger partial charge in [-0.1, -0.05) is 18.2 Å². The lowest BCUT2D eigenvalue weighted by molar-refractivity contribution is 0.613. The zero-order valence-corrected chi connectivity index (χ0v) is 12.9. The second-order valence-electron chi connectivity index (χ2n) is 4.21. The van der Waals surface area contributed by atoms with Crippen molar-refractivity contribution in [1.82, 2.24) is 0 Å². The number of fused-ring (bicyclic) bond motifs is 1. The molecule has 0 radical (unpaired) electrons. The van der Waals surface area contributed by atoms with Gasteiger partial charge in [0, 0.05) is 26.8 Å². The molecule has 3 rings (SSSR count). The highest BCUT2D eigenvalue weighted by atomic mass is 127. The van der Waals surface area contributed by atoms with E-state index in [9.17, 15) is 0 Å². The van der Waals surface area contributed by atoms with E-state index in [0.29, 0.717) is 11.8 Å². The molecule has 0 saturated carbocycles. The number of hydrogen-bond donors (Lipinski definition) is 1. The van der Waals surface area contributed by atoms with Gasteiger partial charge in [0.05, 0.1) is 0 Å². The molecule has 96 valence electrons. The summed E-state index contributed by atoms with van der Waals surface area (Å²) in [6.45, 7) is 0.649. The Hall–Kier alpha value is -1.20. The van der Waals surface area contributed by atoms with Crippen LogP contribution in [0.4, 0.5) is 5.69 Å². The summed E-state index contributed by atoms with van der Waals surface area (Å²) >= 11 is 8.44. The van der Waals surface area contributed by atoms with E-state index in [4.69, 9.17) is 16.0 Å². The van der Waals surface area contributed by atoms with Gasteiger partial charge in [-0.25, -0.2) is 0 Å². The molecule has 1 heterocycles. The van der Waals surface area contributed by atoms with Crippen LogP contribution in [-0.2, 0) is 6.54 Å².